The van der Waals surface area contributed by atoms with Crippen LogP contribution in [0.25, 0.3) is 5.57 Å². The Morgan fingerprint density at radius 1 is 1.07 bits per heavy atom. The third-order valence-corrected chi connectivity index (χ3v) is 5.19. The van der Waals surface area contributed by atoms with E-state index in [4.69, 9.17) is 0 Å². The summed E-state index contributed by atoms with van der Waals surface area (Å²) >= 11 is 0. The molecule has 1 saturated heterocycles. The smallest absolute Gasteiger partial charge is 0.293 e. The van der Waals surface area contributed by atoms with Gasteiger partial charge in [-0.1, -0.05) is 43.7 Å². The van der Waals surface area contributed by atoms with Gasteiger partial charge in [-0.05, 0) is 41.7 Å². The Hall–Kier alpha value is -3.15. The van der Waals surface area contributed by atoms with Gasteiger partial charge >= 0.3 is 0 Å². The van der Waals surface area contributed by atoms with Crippen LogP contribution in [0.1, 0.15) is 47.2 Å². The monoisotopic (exact) mass is 379 g/mol. The molecular formula is C22H25N3O3. The molecule has 2 aromatic rings. The summed E-state index contributed by atoms with van der Waals surface area (Å²) < 4.78 is 0. The number of hydrogen-bond acceptors (Lipinski definition) is 4. The molecule has 28 heavy (non-hydrogen) atoms. The quantitative estimate of drug-likeness (QED) is 0.617. The predicted molar refractivity (Wildman–Crippen MR) is 112 cm³/mol. The molecule has 6 heteroatoms. The van der Waals surface area contributed by atoms with Crippen molar-refractivity contribution in [2.75, 3.05) is 25.0 Å². The zero-order valence-electron chi connectivity index (χ0n) is 16.1. The molecule has 1 amide bonds. The van der Waals surface area contributed by atoms with E-state index in [0.29, 0.717) is 28.0 Å². The molecule has 0 aromatic heterocycles. The number of nitro benzene ring substituents is 1. The van der Waals surface area contributed by atoms with Crippen LogP contribution in [0.2, 0.25) is 0 Å². The minimum Gasteiger partial charge on any atom is -0.366 e. The van der Waals surface area contributed by atoms with Gasteiger partial charge in [-0.25, -0.2) is 0 Å². The molecule has 0 atom stereocenters. The third-order valence-electron chi connectivity index (χ3n) is 5.19. The van der Waals surface area contributed by atoms with Gasteiger partial charge < -0.3 is 10.2 Å². The Kier molecular flexibility index (Phi) is 6.09. The van der Waals surface area contributed by atoms with Crippen molar-refractivity contribution >= 4 is 22.9 Å². The fourth-order valence-electron chi connectivity index (χ4n) is 3.67. The van der Waals surface area contributed by atoms with Gasteiger partial charge in [0.1, 0.15) is 5.69 Å². The Labute approximate surface area is 165 Å². The van der Waals surface area contributed by atoms with Gasteiger partial charge in [0.15, 0.2) is 0 Å². The summed E-state index contributed by atoms with van der Waals surface area (Å²) in [5, 5.41) is 14.4. The molecule has 146 valence electrons. The molecule has 0 unspecified atom stereocenters. The first kappa shape index (κ1) is 19.6. The Morgan fingerprint density at radius 3 is 2.32 bits per heavy atom. The minimum atomic E-state index is -0.332. The summed E-state index contributed by atoms with van der Waals surface area (Å²) in [4.78, 5) is 25.7. The summed E-state index contributed by atoms with van der Waals surface area (Å²) in [6.45, 7) is 5.78. The van der Waals surface area contributed by atoms with Gasteiger partial charge in [0.05, 0.1) is 4.92 Å². The van der Waals surface area contributed by atoms with E-state index in [0.717, 1.165) is 38.8 Å². The maximum Gasteiger partial charge on any atom is 0.293 e. The second kappa shape index (κ2) is 8.69. The number of amides is 1. The van der Waals surface area contributed by atoms with E-state index in [9.17, 15) is 14.9 Å². The molecule has 2 aromatic carbocycles. The Bertz CT molecular complexity index is 900. The van der Waals surface area contributed by atoms with Crippen LogP contribution in [0.15, 0.2) is 49.0 Å². The SMILES string of the molecule is C=C(c1ccc(N2CCCCCC2)c([N+](=O)[O-])c1)c1ccccc1C(=O)NC. The zero-order chi connectivity index (χ0) is 20.1. The predicted octanol–water partition coefficient (Wildman–Crippen LogP) is 4.40. The van der Waals surface area contributed by atoms with Gasteiger partial charge in [-0.3, -0.25) is 14.9 Å². The molecule has 1 fully saturated rings. The number of hydrogen-bond donors (Lipinski definition) is 1. The molecule has 0 aliphatic carbocycles. The highest BCUT2D eigenvalue weighted by Crippen LogP contribution is 2.34. The summed E-state index contributed by atoms with van der Waals surface area (Å²) in [5.41, 5.74) is 3.13. The fourth-order valence-corrected chi connectivity index (χ4v) is 3.67. The molecule has 1 aliphatic heterocycles. The van der Waals surface area contributed by atoms with Crippen molar-refractivity contribution in [1.82, 2.24) is 5.32 Å². The van der Waals surface area contributed by atoms with Crippen LogP contribution in [0.4, 0.5) is 11.4 Å². The maximum atomic E-state index is 12.2. The third kappa shape index (κ3) is 4.06. The van der Waals surface area contributed by atoms with E-state index in [2.05, 4.69) is 16.8 Å². The van der Waals surface area contributed by atoms with E-state index < -0.39 is 0 Å². The van der Waals surface area contributed by atoms with Crippen LogP contribution in [-0.4, -0.2) is 31.0 Å². The van der Waals surface area contributed by atoms with Gasteiger partial charge in [0.25, 0.3) is 11.6 Å². The first-order chi connectivity index (χ1) is 13.5. The number of benzene rings is 2. The number of rotatable bonds is 5. The van der Waals surface area contributed by atoms with Crippen molar-refractivity contribution in [3.05, 3.63) is 75.8 Å². The van der Waals surface area contributed by atoms with E-state index in [1.54, 1.807) is 31.3 Å². The highest BCUT2D eigenvalue weighted by molar-refractivity contribution is 6.00. The van der Waals surface area contributed by atoms with Crippen molar-refractivity contribution < 1.29 is 9.72 Å². The second-order valence-corrected chi connectivity index (χ2v) is 6.97. The van der Waals surface area contributed by atoms with Crippen molar-refractivity contribution in [2.24, 2.45) is 0 Å². The van der Waals surface area contributed by atoms with Crippen molar-refractivity contribution in [2.45, 2.75) is 25.7 Å². The van der Waals surface area contributed by atoms with Crippen molar-refractivity contribution in [3.63, 3.8) is 0 Å². The lowest BCUT2D eigenvalue weighted by Crippen LogP contribution is -2.24. The number of nitrogens with one attached hydrogen (secondary N) is 1. The summed E-state index contributed by atoms with van der Waals surface area (Å²) in [7, 11) is 1.57. The lowest BCUT2D eigenvalue weighted by Gasteiger charge is -2.23. The Morgan fingerprint density at radius 2 is 1.71 bits per heavy atom. The van der Waals surface area contributed by atoms with E-state index in [-0.39, 0.29) is 16.5 Å². The van der Waals surface area contributed by atoms with Crippen LogP contribution in [-0.2, 0) is 0 Å². The van der Waals surface area contributed by atoms with E-state index >= 15 is 0 Å². The molecule has 1 aliphatic rings. The van der Waals surface area contributed by atoms with Crippen LogP contribution < -0.4 is 10.2 Å². The number of carbonyl (C=O) groups excluding carboxylic acids is 1. The van der Waals surface area contributed by atoms with Crippen LogP contribution in [0, 0.1) is 10.1 Å². The number of nitro groups is 1. The summed E-state index contributed by atoms with van der Waals surface area (Å²) in [6, 6.07) is 12.4. The van der Waals surface area contributed by atoms with Crippen molar-refractivity contribution in [3.8, 4) is 0 Å². The molecule has 3 rings (SSSR count). The first-order valence-electron chi connectivity index (χ1n) is 9.57. The van der Waals surface area contributed by atoms with Gasteiger partial charge in [0, 0.05) is 31.8 Å². The van der Waals surface area contributed by atoms with Crippen LogP contribution >= 0.6 is 0 Å². The molecule has 0 radical (unpaired) electrons. The molecular weight excluding hydrogens is 354 g/mol. The molecule has 0 bridgehead atoms. The molecule has 1 N–H and O–H groups in total. The van der Waals surface area contributed by atoms with Gasteiger partial charge in [0.2, 0.25) is 0 Å². The minimum absolute atomic E-state index is 0.0815. The van der Waals surface area contributed by atoms with Gasteiger partial charge in [-0.2, -0.15) is 0 Å². The molecule has 0 saturated carbocycles. The highest BCUT2D eigenvalue weighted by atomic mass is 16.6. The molecule has 6 nitrogen and oxygen atoms in total. The second-order valence-electron chi connectivity index (χ2n) is 6.97. The summed E-state index contributed by atoms with van der Waals surface area (Å²) in [6.07, 6.45) is 4.42. The maximum absolute atomic E-state index is 12.2. The Balaban J connectivity index is 2.00. The number of nitrogens with zero attached hydrogens (tertiary/aromatic N) is 2. The normalized spacial score (nSPS) is 14.2. The zero-order valence-corrected chi connectivity index (χ0v) is 16.1. The van der Waals surface area contributed by atoms with Gasteiger partial charge in [-0.15, -0.1) is 0 Å². The van der Waals surface area contributed by atoms with E-state index in [1.807, 2.05) is 18.2 Å². The molecule has 0 spiro atoms. The average molecular weight is 379 g/mol. The van der Waals surface area contributed by atoms with Crippen LogP contribution in [0.3, 0.4) is 0 Å². The average Bonchev–Trinajstić information content (AvgIpc) is 3.01. The highest BCUT2D eigenvalue weighted by Gasteiger charge is 2.22. The largest absolute Gasteiger partial charge is 0.366 e. The summed E-state index contributed by atoms with van der Waals surface area (Å²) in [5.74, 6) is -0.215. The number of carbonyl (C=O) groups is 1. The number of anilines is 1. The fraction of sp³-hybridized carbons (Fsp3) is 0.318. The topological polar surface area (TPSA) is 75.5 Å². The van der Waals surface area contributed by atoms with E-state index in [1.165, 1.54) is 0 Å². The standard InChI is InChI=1S/C22H25N3O3/c1-16(18-9-5-6-10-19(18)22(26)23-2)17-11-12-20(21(15-17)25(27)28)24-13-7-3-4-8-14-24/h5-6,9-12,15H,1,3-4,7-8,13-14H2,2H3,(H,23,26). The van der Waals surface area contributed by atoms with Crippen molar-refractivity contribution in [1.29, 1.82) is 0 Å². The van der Waals surface area contributed by atoms with Crippen LogP contribution in [0.5, 0.6) is 0 Å². The lowest BCUT2D eigenvalue weighted by atomic mass is 9.94. The lowest BCUT2D eigenvalue weighted by molar-refractivity contribution is -0.384. The first-order valence-corrected chi connectivity index (χ1v) is 9.57. The molecule has 1 heterocycles.